The van der Waals surface area contributed by atoms with Gasteiger partial charge in [-0.2, -0.15) is 0 Å². The molecule has 4 nitrogen and oxygen atoms in total. The molecule has 2 aromatic rings. The molecule has 0 atom stereocenters. The number of hydrogen-bond acceptors (Lipinski definition) is 3. The number of piperidine rings is 1. The van der Waals surface area contributed by atoms with Crippen molar-refractivity contribution in [3.05, 3.63) is 35.2 Å². The maximum absolute atomic E-state index is 12.6. The van der Waals surface area contributed by atoms with E-state index in [-0.39, 0.29) is 11.8 Å². The molecule has 0 spiro atoms. The Morgan fingerprint density at radius 3 is 2.77 bits per heavy atom. The Labute approximate surface area is 134 Å². The first kappa shape index (κ1) is 15.0. The molecule has 5 heteroatoms. The van der Waals surface area contributed by atoms with Crippen molar-refractivity contribution in [1.29, 1.82) is 0 Å². The molecule has 1 N–H and O–H groups in total. The van der Waals surface area contributed by atoms with Gasteiger partial charge < -0.3 is 10.2 Å². The molecular formula is C17H20N2O2S. The van der Waals surface area contributed by atoms with Crippen LogP contribution in [0.2, 0.25) is 0 Å². The first-order valence-corrected chi connectivity index (χ1v) is 8.52. The molecule has 2 heterocycles. The van der Waals surface area contributed by atoms with Crippen molar-refractivity contribution < 1.29 is 9.59 Å². The number of likely N-dealkylation sites (tertiary alicyclic amines) is 1. The Bertz CT molecular complexity index is 687. The normalized spacial score (nSPS) is 16.0. The van der Waals surface area contributed by atoms with Crippen LogP contribution >= 0.6 is 11.3 Å². The summed E-state index contributed by atoms with van der Waals surface area (Å²) in [6.45, 7) is 1.48. The minimum atomic E-state index is 0.0904. The van der Waals surface area contributed by atoms with Gasteiger partial charge in [-0.3, -0.25) is 9.59 Å². The average molecular weight is 316 g/mol. The summed E-state index contributed by atoms with van der Waals surface area (Å²) in [5.41, 5.74) is 0.760. The van der Waals surface area contributed by atoms with Crippen molar-refractivity contribution in [2.24, 2.45) is 5.92 Å². The second kappa shape index (κ2) is 6.48. The number of nitrogens with one attached hydrogen (secondary N) is 1. The quantitative estimate of drug-likeness (QED) is 0.946. The van der Waals surface area contributed by atoms with Gasteiger partial charge in [-0.15, -0.1) is 11.3 Å². The summed E-state index contributed by atoms with van der Waals surface area (Å²) in [7, 11) is 1.67. The zero-order valence-corrected chi connectivity index (χ0v) is 13.5. The zero-order valence-electron chi connectivity index (χ0n) is 12.7. The largest absolute Gasteiger partial charge is 0.359 e. The van der Waals surface area contributed by atoms with E-state index in [0.717, 1.165) is 36.9 Å². The third-order valence-corrected chi connectivity index (χ3v) is 5.25. The van der Waals surface area contributed by atoms with E-state index in [1.54, 1.807) is 18.4 Å². The fourth-order valence-corrected chi connectivity index (χ4v) is 3.76. The molecule has 0 unspecified atom stereocenters. The molecule has 3 rings (SSSR count). The summed E-state index contributed by atoms with van der Waals surface area (Å²) in [5.74, 6) is 0.586. The standard InChI is InChI=1S/C17H20N2O2S/c1-18-16(20)10-12-4-7-19(8-5-12)17(21)14-2-3-15-13(11-14)6-9-22-15/h2-3,6,9,11-12H,4-5,7-8,10H2,1H3,(H,18,20). The number of fused-ring (bicyclic) bond motifs is 1. The molecule has 0 bridgehead atoms. The second-order valence-corrected chi connectivity index (χ2v) is 6.73. The van der Waals surface area contributed by atoms with Crippen molar-refractivity contribution in [2.75, 3.05) is 20.1 Å². The Morgan fingerprint density at radius 2 is 2.05 bits per heavy atom. The molecule has 1 aliphatic rings. The minimum Gasteiger partial charge on any atom is -0.359 e. The van der Waals surface area contributed by atoms with Crippen molar-refractivity contribution >= 4 is 33.2 Å². The van der Waals surface area contributed by atoms with Gasteiger partial charge in [-0.1, -0.05) is 0 Å². The highest BCUT2D eigenvalue weighted by Crippen LogP contribution is 2.25. The van der Waals surface area contributed by atoms with E-state index >= 15 is 0 Å². The van der Waals surface area contributed by atoms with E-state index in [2.05, 4.69) is 5.32 Å². The summed E-state index contributed by atoms with van der Waals surface area (Å²) < 4.78 is 1.21. The topological polar surface area (TPSA) is 49.4 Å². The monoisotopic (exact) mass is 316 g/mol. The van der Waals surface area contributed by atoms with Crippen LogP contribution in [0, 0.1) is 5.92 Å². The third kappa shape index (κ3) is 3.14. The molecule has 0 saturated carbocycles. The summed E-state index contributed by atoms with van der Waals surface area (Å²) >= 11 is 1.69. The SMILES string of the molecule is CNC(=O)CC1CCN(C(=O)c2ccc3sccc3c2)CC1. The molecule has 1 aliphatic heterocycles. The Morgan fingerprint density at radius 1 is 1.27 bits per heavy atom. The maximum atomic E-state index is 12.6. The lowest BCUT2D eigenvalue weighted by atomic mass is 9.93. The molecule has 1 fully saturated rings. The highest BCUT2D eigenvalue weighted by molar-refractivity contribution is 7.17. The summed E-state index contributed by atoms with van der Waals surface area (Å²) in [4.78, 5) is 25.9. The van der Waals surface area contributed by atoms with E-state index in [0.29, 0.717) is 12.3 Å². The smallest absolute Gasteiger partial charge is 0.253 e. The van der Waals surface area contributed by atoms with Gasteiger partial charge in [-0.05, 0) is 53.8 Å². The maximum Gasteiger partial charge on any atom is 0.253 e. The fourth-order valence-electron chi connectivity index (χ4n) is 2.99. The van der Waals surface area contributed by atoms with Gasteiger partial charge in [0, 0.05) is 36.8 Å². The number of carbonyl (C=O) groups is 2. The fraction of sp³-hybridized carbons (Fsp3) is 0.412. The third-order valence-electron chi connectivity index (χ3n) is 4.35. The second-order valence-electron chi connectivity index (χ2n) is 5.79. The minimum absolute atomic E-state index is 0.0904. The van der Waals surface area contributed by atoms with Crippen LogP contribution in [-0.2, 0) is 4.79 Å². The van der Waals surface area contributed by atoms with Crippen molar-refractivity contribution in [3.63, 3.8) is 0 Å². The summed E-state index contributed by atoms with van der Waals surface area (Å²) in [5, 5.41) is 5.84. The van der Waals surface area contributed by atoms with Crippen molar-refractivity contribution in [2.45, 2.75) is 19.3 Å². The van der Waals surface area contributed by atoms with Gasteiger partial charge in [-0.25, -0.2) is 0 Å². The number of benzene rings is 1. The molecule has 2 amide bonds. The van der Waals surface area contributed by atoms with Crippen molar-refractivity contribution in [1.82, 2.24) is 10.2 Å². The van der Waals surface area contributed by atoms with Gasteiger partial charge in [0.2, 0.25) is 5.91 Å². The van der Waals surface area contributed by atoms with Crippen LogP contribution in [0.1, 0.15) is 29.6 Å². The summed E-state index contributed by atoms with van der Waals surface area (Å²) in [6, 6.07) is 7.96. The number of rotatable bonds is 3. The molecular weight excluding hydrogens is 296 g/mol. The molecule has 1 aromatic heterocycles. The average Bonchev–Trinajstić information content (AvgIpc) is 3.02. The lowest BCUT2D eigenvalue weighted by Crippen LogP contribution is -2.39. The molecule has 0 aliphatic carbocycles. The highest BCUT2D eigenvalue weighted by atomic mass is 32.1. The van der Waals surface area contributed by atoms with Crippen molar-refractivity contribution in [3.8, 4) is 0 Å². The van der Waals surface area contributed by atoms with Crippen LogP contribution < -0.4 is 5.32 Å². The lowest BCUT2D eigenvalue weighted by Gasteiger charge is -2.31. The Hall–Kier alpha value is -1.88. The predicted molar refractivity (Wildman–Crippen MR) is 89.1 cm³/mol. The molecule has 1 saturated heterocycles. The van der Waals surface area contributed by atoms with Crippen LogP contribution in [-0.4, -0.2) is 36.9 Å². The van der Waals surface area contributed by atoms with E-state index < -0.39 is 0 Å². The predicted octanol–water partition coefficient (Wildman–Crippen LogP) is 2.89. The van der Waals surface area contributed by atoms with Gasteiger partial charge in [0.15, 0.2) is 0 Å². The zero-order chi connectivity index (χ0) is 15.5. The van der Waals surface area contributed by atoms with E-state index in [1.807, 2.05) is 34.5 Å². The first-order chi connectivity index (χ1) is 10.7. The first-order valence-electron chi connectivity index (χ1n) is 7.64. The van der Waals surface area contributed by atoms with Gasteiger partial charge in [0.05, 0.1) is 0 Å². The Balaban J connectivity index is 1.63. The molecule has 1 aromatic carbocycles. The number of thiophene rings is 1. The van der Waals surface area contributed by atoms with Crippen LogP contribution in [0.4, 0.5) is 0 Å². The number of carbonyl (C=O) groups excluding carboxylic acids is 2. The van der Waals surface area contributed by atoms with Crippen LogP contribution in [0.3, 0.4) is 0 Å². The van der Waals surface area contributed by atoms with Crippen LogP contribution in [0.5, 0.6) is 0 Å². The number of amides is 2. The van der Waals surface area contributed by atoms with Gasteiger partial charge in [0.25, 0.3) is 5.91 Å². The Kier molecular flexibility index (Phi) is 4.43. The van der Waals surface area contributed by atoms with E-state index in [4.69, 9.17) is 0 Å². The lowest BCUT2D eigenvalue weighted by molar-refractivity contribution is -0.121. The number of nitrogens with zero attached hydrogens (tertiary/aromatic N) is 1. The van der Waals surface area contributed by atoms with E-state index in [1.165, 1.54) is 4.70 Å². The van der Waals surface area contributed by atoms with Gasteiger partial charge >= 0.3 is 0 Å². The molecule has 0 radical (unpaired) electrons. The highest BCUT2D eigenvalue weighted by Gasteiger charge is 2.24. The molecule has 116 valence electrons. The summed E-state index contributed by atoms with van der Waals surface area (Å²) in [6.07, 6.45) is 2.37. The molecule has 22 heavy (non-hydrogen) atoms. The van der Waals surface area contributed by atoms with E-state index in [9.17, 15) is 9.59 Å². The number of hydrogen-bond donors (Lipinski definition) is 1. The van der Waals surface area contributed by atoms with Crippen LogP contribution in [0.25, 0.3) is 10.1 Å². The van der Waals surface area contributed by atoms with Gasteiger partial charge in [0.1, 0.15) is 0 Å². The van der Waals surface area contributed by atoms with Crippen LogP contribution in [0.15, 0.2) is 29.6 Å².